The highest BCUT2D eigenvalue weighted by Gasteiger charge is 2.25. The third kappa shape index (κ3) is 4.64. The van der Waals surface area contributed by atoms with Gasteiger partial charge in [-0.2, -0.15) is 0 Å². The Morgan fingerprint density at radius 2 is 1.81 bits per heavy atom. The summed E-state index contributed by atoms with van der Waals surface area (Å²) in [5.41, 5.74) is 2.64. The van der Waals surface area contributed by atoms with Gasteiger partial charge < -0.3 is 21.1 Å². The number of aryl methyl sites for hydroxylation is 1. The van der Waals surface area contributed by atoms with Crippen molar-refractivity contribution >= 4 is 40.9 Å². The minimum absolute atomic E-state index is 0.0737. The summed E-state index contributed by atoms with van der Waals surface area (Å²) in [6.45, 7) is -0.128. The minimum atomic E-state index is -1.13. The molecule has 0 saturated carbocycles. The van der Waals surface area contributed by atoms with Crippen molar-refractivity contribution in [3.8, 4) is 0 Å². The lowest BCUT2D eigenvalue weighted by Crippen LogP contribution is -2.45. The van der Waals surface area contributed by atoms with E-state index in [1.165, 1.54) is 5.56 Å². The lowest BCUT2D eigenvalue weighted by Gasteiger charge is -2.20. The fourth-order valence-corrected chi connectivity index (χ4v) is 3.63. The van der Waals surface area contributed by atoms with Crippen LogP contribution >= 0.6 is 23.2 Å². The molecule has 2 amide bonds. The number of para-hydroxylation sites is 1. The first-order chi connectivity index (χ1) is 13.0. The maximum atomic E-state index is 12.2. The van der Waals surface area contributed by atoms with Gasteiger partial charge in [0.2, 0.25) is 0 Å². The normalized spacial score (nSPS) is 16.3. The Labute approximate surface area is 166 Å². The van der Waals surface area contributed by atoms with E-state index >= 15 is 0 Å². The third-order valence-electron chi connectivity index (χ3n) is 4.48. The van der Waals surface area contributed by atoms with Crippen LogP contribution in [-0.2, 0) is 11.2 Å². The number of rotatable bonds is 6. The zero-order chi connectivity index (χ0) is 19.4. The van der Waals surface area contributed by atoms with Crippen LogP contribution in [-0.4, -0.2) is 29.7 Å². The Bertz CT molecular complexity index is 840. The van der Waals surface area contributed by atoms with Crippen LogP contribution in [0.4, 0.5) is 10.5 Å². The van der Waals surface area contributed by atoms with E-state index < -0.39 is 18.0 Å². The molecule has 4 N–H and O–H groups in total. The van der Waals surface area contributed by atoms with Gasteiger partial charge in [-0.05, 0) is 36.1 Å². The molecular formula is C19H19Cl2N3O3. The first kappa shape index (κ1) is 19.3. The smallest absolute Gasteiger partial charge is 0.327 e. The van der Waals surface area contributed by atoms with Crippen LogP contribution in [0.3, 0.4) is 0 Å². The summed E-state index contributed by atoms with van der Waals surface area (Å²) in [7, 11) is 0. The van der Waals surface area contributed by atoms with Gasteiger partial charge in [0, 0.05) is 0 Å². The number of fused-ring (bicyclic) bond motifs is 1. The van der Waals surface area contributed by atoms with Crippen LogP contribution in [0.15, 0.2) is 42.5 Å². The zero-order valence-corrected chi connectivity index (χ0v) is 15.8. The van der Waals surface area contributed by atoms with E-state index in [1.807, 2.05) is 24.3 Å². The number of urea groups is 1. The molecule has 0 fully saturated rings. The lowest BCUT2D eigenvalue weighted by atomic mass is 10.1. The fraction of sp³-hybridized carbons (Fsp3) is 0.263. The summed E-state index contributed by atoms with van der Waals surface area (Å²) in [5.74, 6) is -1.13. The molecule has 0 unspecified atom stereocenters. The van der Waals surface area contributed by atoms with E-state index in [2.05, 4.69) is 16.0 Å². The van der Waals surface area contributed by atoms with Crippen LogP contribution in [0.25, 0.3) is 0 Å². The van der Waals surface area contributed by atoms with Gasteiger partial charge in [0.1, 0.15) is 6.04 Å². The summed E-state index contributed by atoms with van der Waals surface area (Å²) in [6.07, 6.45) is 1.73. The maximum Gasteiger partial charge on any atom is 0.327 e. The number of benzene rings is 2. The molecule has 142 valence electrons. The molecule has 0 bridgehead atoms. The van der Waals surface area contributed by atoms with E-state index in [4.69, 9.17) is 23.2 Å². The topological polar surface area (TPSA) is 90.5 Å². The van der Waals surface area contributed by atoms with Gasteiger partial charge in [0.15, 0.2) is 0 Å². The summed E-state index contributed by atoms with van der Waals surface area (Å²) < 4.78 is 0. The number of carboxylic acids is 1. The summed E-state index contributed by atoms with van der Waals surface area (Å²) in [5, 5.41) is 18.3. The molecule has 0 spiro atoms. The summed E-state index contributed by atoms with van der Waals surface area (Å²) >= 11 is 12.1. The maximum absolute atomic E-state index is 12.2. The van der Waals surface area contributed by atoms with Crippen LogP contribution < -0.4 is 16.0 Å². The Kier molecular flexibility index (Phi) is 6.08. The van der Waals surface area contributed by atoms with E-state index in [0.717, 1.165) is 18.4 Å². The van der Waals surface area contributed by atoms with Gasteiger partial charge in [-0.3, -0.25) is 0 Å². The average molecular weight is 408 g/mol. The van der Waals surface area contributed by atoms with Gasteiger partial charge >= 0.3 is 12.0 Å². The first-order valence-electron chi connectivity index (χ1n) is 8.51. The number of hydrogen-bond acceptors (Lipinski definition) is 3. The second-order valence-corrected chi connectivity index (χ2v) is 7.09. The highest BCUT2D eigenvalue weighted by Crippen LogP contribution is 2.31. The molecule has 2 atom stereocenters. The van der Waals surface area contributed by atoms with E-state index in [9.17, 15) is 14.7 Å². The van der Waals surface area contributed by atoms with Crippen molar-refractivity contribution in [2.45, 2.75) is 24.9 Å². The SMILES string of the molecule is O=C(NC[C@H](Nc1c(Cl)cccc1Cl)C(=O)O)N[C@@H]1CCc2ccccc21. The number of halogens is 2. The van der Waals surface area contributed by atoms with Gasteiger partial charge in [-0.25, -0.2) is 9.59 Å². The quantitative estimate of drug-likeness (QED) is 0.585. The van der Waals surface area contributed by atoms with Crippen molar-refractivity contribution in [1.82, 2.24) is 10.6 Å². The number of aliphatic carboxylic acids is 1. The molecule has 8 heteroatoms. The van der Waals surface area contributed by atoms with Crippen LogP contribution in [0, 0.1) is 0 Å². The number of carbonyl (C=O) groups excluding carboxylic acids is 1. The molecule has 0 aromatic heterocycles. The Morgan fingerprint density at radius 3 is 2.52 bits per heavy atom. The van der Waals surface area contributed by atoms with Crippen molar-refractivity contribution in [1.29, 1.82) is 0 Å². The van der Waals surface area contributed by atoms with Crippen molar-refractivity contribution in [3.63, 3.8) is 0 Å². The van der Waals surface area contributed by atoms with Gasteiger partial charge in [-0.15, -0.1) is 0 Å². The first-order valence-corrected chi connectivity index (χ1v) is 9.27. The zero-order valence-electron chi connectivity index (χ0n) is 14.3. The van der Waals surface area contributed by atoms with Gasteiger partial charge in [0.05, 0.1) is 28.3 Å². The molecule has 6 nitrogen and oxygen atoms in total. The largest absolute Gasteiger partial charge is 0.480 e. The van der Waals surface area contributed by atoms with E-state index in [0.29, 0.717) is 15.7 Å². The molecule has 2 aromatic carbocycles. The number of amides is 2. The van der Waals surface area contributed by atoms with Crippen molar-refractivity contribution in [2.24, 2.45) is 0 Å². The molecular weight excluding hydrogens is 389 g/mol. The molecule has 1 aliphatic rings. The van der Waals surface area contributed by atoms with Crippen LogP contribution in [0.5, 0.6) is 0 Å². The van der Waals surface area contributed by atoms with Crippen LogP contribution in [0.1, 0.15) is 23.6 Å². The monoisotopic (exact) mass is 407 g/mol. The number of hydrogen-bond donors (Lipinski definition) is 4. The second-order valence-electron chi connectivity index (χ2n) is 6.28. The molecule has 0 aliphatic heterocycles. The highest BCUT2D eigenvalue weighted by atomic mass is 35.5. The predicted octanol–water partition coefficient (Wildman–Crippen LogP) is 3.85. The molecule has 1 aliphatic carbocycles. The van der Waals surface area contributed by atoms with Crippen molar-refractivity contribution in [3.05, 3.63) is 63.6 Å². The Hall–Kier alpha value is -2.44. The van der Waals surface area contributed by atoms with Crippen molar-refractivity contribution < 1.29 is 14.7 Å². The number of carbonyl (C=O) groups is 2. The molecule has 0 heterocycles. The van der Waals surface area contributed by atoms with E-state index in [1.54, 1.807) is 18.2 Å². The third-order valence-corrected chi connectivity index (χ3v) is 5.11. The van der Waals surface area contributed by atoms with Gasteiger partial charge in [-0.1, -0.05) is 53.5 Å². The Morgan fingerprint density at radius 1 is 1.11 bits per heavy atom. The Balaban J connectivity index is 1.58. The molecule has 27 heavy (non-hydrogen) atoms. The minimum Gasteiger partial charge on any atom is -0.480 e. The van der Waals surface area contributed by atoms with Crippen molar-refractivity contribution in [2.75, 3.05) is 11.9 Å². The summed E-state index contributed by atoms with van der Waals surface area (Å²) in [4.78, 5) is 23.8. The van der Waals surface area contributed by atoms with Gasteiger partial charge in [0.25, 0.3) is 0 Å². The fourth-order valence-electron chi connectivity index (χ4n) is 3.12. The van der Waals surface area contributed by atoms with E-state index in [-0.39, 0.29) is 12.6 Å². The average Bonchev–Trinajstić information content (AvgIpc) is 3.03. The molecule has 0 saturated heterocycles. The predicted molar refractivity (Wildman–Crippen MR) is 106 cm³/mol. The second kappa shape index (κ2) is 8.50. The molecule has 0 radical (unpaired) electrons. The number of anilines is 1. The lowest BCUT2D eigenvalue weighted by molar-refractivity contribution is -0.137. The number of carboxylic acid groups (broad SMARTS) is 1. The molecule has 2 aromatic rings. The summed E-state index contributed by atoms with van der Waals surface area (Å²) in [6, 6.07) is 11.3. The highest BCUT2D eigenvalue weighted by molar-refractivity contribution is 6.39. The number of nitrogens with one attached hydrogen (secondary N) is 3. The molecule has 3 rings (SSSR count). The van der Waals surface area contributed by atoms with Crippen LogP contribution in [0.2, 0.25) is 10.0 Å². The standard InChI is InChI=1S/C19H19Cl2N3O3/c20-13-6-3-7-14(21)17(13)23-16(18(25)26)10-22-19(27)24-15-9-8-11-4-1-2-5-12(11)15/h1-7,15-16,23H,8-10H2,(H,25,26)(H2,22,24,27)/t15-,16+/m1/s1.